The van der Waals surface area contributed by atoms with Gasteiger partial charge in [0.1, 0.15) is 0 Å². The number of aromatic nitrogens is 3. The van der Waals surface area contributed by atoms with Crippen LogP contribution in [0.1, 0.15) is 12.8 Å². The highest BCUT2D eigenvalue weighted by Crippen LogP contribution is 2.30. The van der Waals surface area contributed by atoms with Gasteiger partial charge in [0.15, 0.2) is 0 Å². The van der Waals surface area contributed by atoms with Crippen LogP contribution in [0.2, 0.25) is 0 Å². The topological polar surface area (TPSA) is 63.2 Å². The van der Waals surface area contributed by atoms with Gasteiger partial charge < -0.3 is 15.0 Å². The van der Waals surface area contributed by atoms with Crippen LogP contribution >= 0.6 is 0 Å². The normalized spacial score (nSPS) is 14.7. The molecule has 16 heavy (non-hydrogen) atoms. The fourth-order valence-corrected chi connectivity index (χ4v) is 1.49. The van der Waals surface area contributed by atoms with Crippen molar-refractivity contribution in [3.8, 4) is 6.01 Å². The number of nitrogens with one attached hydrogen (secondary N) is 1. The minimum atomic E-state index is 0.344. The molecule has 1 saturated carbocycles. The van der Waals surface area contributed by atoms with Crippen LogP contribution in [0.4, 0.5) is 11.9 Å². The third kappa shape index (κ3) is 2.50. The molecule has 2 rings (SSSR count). The molecule has 1 N–H and O–H groups in total. The molecule has 0 radical (unpaired) electrons. The Morgan fingerprint density at radius 1 is 1.38 bits per heavy atom. The van der Waals surface area contributed by atoms with Gasteiger partial charge in [0.25, 0.3) is 0 Å². The molecule has 6 nitrogen and oxygen atoms in total. The fraction of sp³-hybridized carbons (Fsp3) is 0.700. The Labute approximate surface area is 95.1 Å². The van der Waals surface area contributed by atoms with Gasteiger partial charge in [-0.1, -0.05) is 0 Å². The number of nitrogens with zero attached hydrogens (tertiary/aromatic N) is 4. The van der Waals surface area contributed by atoms with Crippen molar-refractivity contribution in [2.75, 3.05) is 38.0 Å². The summed E-state index contributed by atoms with van der Waals surface area (Å²) in [5, 5.41) is 2.90. The third-order valence-corrected chi connectivity index (χ3v) is 2.58. The predicted octanol–water partition coefficient (Wildman–Crippen LogP) is 0.768. The van der Waals surface area contributed by atoms with E-state index >= 15 is 0 Å². The lowest BCUT2D eigenvalue weighted by Gasteiger charge is -2.17. The number of anilines is 2. The molecule has 0 bridgehead atoms. The highest BCUT2D eigenvalue weighted by molar-refractivity contribution is 5.37. The minimum absolute atomic E-state index is 0.344. The van der Waals surface area contributed by atoms with Crippen molar-refractivity contribution in [3.63, 3.8) is 0 Å². The molecule has 1 aromatic heterocycles. The summed E-state index contributed by atoms with van der Waals surface area (Å²) in [6.07, 6.45) is 2.62. The first kappa shape index (κ1) is 10.9. The van der Waals surface area contributed by atoms with Gasteiger partial charge in [0, 0.05) is 20.6 Å². The van der Waals surface area contributed by atoms with E-state index in [-0.39, 0.29) is 0 Å². The number of rotatable bonds is 5. The molecule has 0 spiro atoms. The summed E-state index contributed by atoms with van der Waals surface area (Å²) < 4.78 is 5.04. The minimum Gasteiger partial charge on any atom is -0.467 e. The molecule has 88 valence electrons. The molecular formula is C10H17N5O. The number of hydrogen-bond acceptors (Lipinski definition) is 6. The van der Waals surface area contributed by atoms with E-state index in [0.29, 0.717) is 17.9 Å². The molecule has 0 unspecified atom stereocenters. The first-order chi connectivity index (χ1) is 7.72. The maximum Gasteiger partial charge on any atom is 0.322 e. The van der Waals surface area contributed by atoms with Crippen molar-refractivity contribution < 1.29 is 4.74 Å². The monoisotopic (exact) mass is 223 g/mol. The first-order valence-corrected chi connectivity index (χ1v) is 5.42. The summed E-state index contributed by atoms with van der Waals surface area (Å²) in [6.45, 7) is 0.996. The van der Waals surface area contributed by atoms with Crippen LogP contribution in [-0.4, -0.2) is 42.7 Å². The number of methoxy groups -OCH3 is 1. The lowest BCUT2D eigenvalue weighted by atomic mass is 10.4. The van der Waals surface area contributed by atoms with Crippen LogP contribution in [0.25, 0.3) is 0 Å². The van der Waals surface area contributed by atoms with Crippen LogP contribution in [0.15, 0.2) is 0 Å². The van der Waals surface area contributed by atoms with Crippen molar-refractivity contribution in [2.45, 2.75) is 12.8 Å². The molecule has 1 fully saturated rings. The van der Waals surface area contributed by atoms with E-state index in [1.165, 1.54) is 12.8 Å². The van der Waals surface area contributed by atoms with Crippen molar-refractivity contribution in [2.24, 2.45) is 5.92 Å². The summed E-state index contributed by atoms with van der Waals surface area (Å²) >= 11 is 0. The van der Waals surface area contributed by atoms with E-state index in [4.69, 9.17) is 4.74 Å². The van der Waals surface area contributed by atoms with Gasteiger partial charge >= 0.3 is 6.01 Å². The fourth-order valence-electron chi connectivity index (χ4n) is 1.49. The van der Waals surface area contributed by atoms with Gasteiger partial charge in [-0.05, 0) is 18.8 Å². The van der Waals surface area contributed by atoms with Crippen molar-refractivity contribution in [1.82, 2.24) is 15.0 Å². The van der Waals surface area contributed by atoms with Crippen LogP contribution in [0, 0.1) is 5.92 Å². The summed E-state index contributed by atoms with van der Waals surface area (Å²) in [6, 6.07) is 0.344. The van der Waals surface area contributed by atoms with Crippen molar-refractivity contribution in [3.05, 3.63) is 0 Å². The summed E-state index contributed by atoms with van der Waals surface area (Å²) in [7, 11) is 5.32. The Kier molecular flexibility index (Phi) is 3.07. The SMILES string of the molecule is CNc1nc(OC)nc(N(C)CC2CC2)n1. The van der Waals surface area contributed by atoms with Gasteiger partial charge in [-0.3, -0.25) is 0 Å². The summed E-state index contributed by atoms with van der Waals surface area (Å²) in [5.74, 6) is 1.98. The van der Waals surface area contributed by atoms with Crippen LogP contribution < -0.4 is 15.0 Å². The molecule has 0 amide bonds. The predicted molar refractivity (Wildman–Crippen MR) is 61.9 cm³/mol. The zero-order chi connectivity index (χ0) is 11.5. The third-order valence-electron chi connectivity index (χ3n) is 2.58. The highest BCUT2D eigenvalue weighted by Gasteiger charge is 2.24. The second kappa shape index (κ2) is 4.51. The van der Waals surface area contributed by atoms with Crippen molar-refractivity contribution in [1.29, 1.82) is 0 Å². The Morgan fingerprint density at radius 2 is 2.12 bits per heavy atom. The second-order valence-corrected chi connectivity index (χ2v) is 4.02. The molecule has 6 heteroatoms. The summed E-state index contributed by atoms with van der Waals surface area (Å²) in [4.78, 5) is 14.6. The largest absolute Gasteiger partial charge is 0.467 e. The van der Waals surface area contributed by atoms with Gasteiger partial charge in [-0.2, -0.15) is 15.0 Å². The lowest BCUT2D eigenvalue weighted by molar-refractivity contribution is 0.379. The highest BCUT2D eigenvalue weighted by atomic mass is 16.5. The summed E-state index contributed by atoms with van der Waals surface area (Å²) in [5.41, 5.74) is 0. The Balaban J connectivity index is 2.16. The van der Waals surface area contributed by atoms with E-state index < -0.39 is 0 Å². The Morgan fingerprint density at radius 3 is 2.69 bits per heavy atom. The van der Waals surface area contributed by atoms with E-state index in [0.717, 1.165) is 12.5 Å². The quantitative estimate of drug-likeness (QED) is 0.795. The standard InChI is InChI=1S/C10H17N5O/c1-11-8-12-9(14-10(13-8)16-3)15(2)6-7-4-5-7/h7H,4-6H2,1-3H3,(H,11,12,13,14). The second-order valence-electron chi connectivity index (χ2n) is 4.02. The van der Waals surface area contributed by atoms with Gasteiger partial charge in [0.05, 0.1) is 7.11 Å². The molecular weight excluding hydrogens is 206 g/mol. The Bertz CT molecular complexity index is 344. The smallest absolute Gasteiger partial charge is 0.322 e. The molecule has 1 aromatic rings. The average Bonchev–Trinajstić information content (AvgIpc) is 3.12. The van der Waals surface area contributed by atoms with Crippen molar-refractivity contribution >= 4 is 11.9 Å². The molecule has 0 atom stereocenters. The number of ether oxygens (including phenoxy) is 1. The van der Waals surface area contributed by atoms with E-state index in [9.17, 15) is 0 Å². The molecule has 0 aliphatic heterocycles. The van der Waals surface area contributed by atoms with Gasteiger partial charge in [-0.15, -0.1) is 0 Å². The maximum absolute atomic E-state index is 5.04. The zero-order valence-electron chi connectivity index (χ0n) is 9.90. The van der Waals surface area contributed by atoms with E-state index in [2.05, 4.69) is 20.3 Å². The van der Waals surface area contributed by atoms with E-state index in [1.807, 2.05) is 11.9 Å². The van der Waals surface area contributed by atoms with Gasteiger partial charge in [0.2, 0.25) is 11.9 Å². The maximum atomic E-state index is 5.04. The van der Waals surface area contributed by atoms with Gasteiger partial charge in [-0.25, -0.2) is 0 Å². The van der Waals surface area contributed by atoms with Crippen LogP contribution in [0.3, 0.4) is 0 Å². The lowest BCUT2D eigenvalue weighted by Crippen LogP contribution is -2.23. The van der Waals surface area contributed by atoms with Crippen LogP contribution in [-0.2, 0) is 0 Å². The van der Waals surface area contributed by atoms with E-state index in [1.54, 1.807) is 14.2 Å². The average molecular weight is 223 g/mol. The molecule has 1 aliphatic carbocycles. The Hall–Kier alpha value is -1.59. The number of hydrogen-bond donors (Lipinski definition) is 1. The molecule has 1 aliphatic rings. The zero-order valence-corrected chi connectivity index (χ0v) is 9.90. The molecule has 0 aromatic carbocycles. The van der Waals surface area contributed by atoms with Crippen LogP contribution in [0.5, 0.6) is 6.01 Å². The molecule has 1 heterocycles. The molecule has 0 saturated heterocycles. The first-order valence-electron chi connectivity index (χ1n) is 5.42.